The van der Waals surface area contributed by atoms with Crippen LogP contribution < -0.4 is 4.90 Å². The lowest BCUT2D eigenvalue weighted by atomic mass is 10.1. The summed E-state index contributed by atoms with van der Waals surface area (Å²) in [4.78, 5) is 17.0. The molecule has 0 radical (unpaired) electrons. The summed E-state index contributed by atoms with van der Waals surface area (Å²) < 4.78 is 6.74. The van der Waals surface area contributed by atoms with Crippen molar-refractivity contribution in [3.8, 4) is 0 Å². The minimum Gasteiger partial charge on any atom is -0.378 e. The predicted molar refractivity (Wildman–Crippen MR) is 109 cm³/mol. The van der Waals surface area contributed by atoms with Crippen LogP contribution in [0.25, 0.3) is 0 Å². The van der Waals surface area contributed by atoms with Crippen LogP contribution in [0.1, 0.15) is 28.8 Å². The molecule has 1 atom stereocenters. The first-order valence-corrected chi connectivity index (χ1v) is 9.75. The van der Waals surface area contributed by atoms with E-state index >= 15 is 0 Å². The first kappa shape index (κ1) is 18.9. The number of hydrogen-bond donors (Lipinski definition) is 0. The number of amides is 1. The van der Waals surface area contributed by atoms with Crippen LogP contribution >= 0.6 is 15.9 Å². The molecule has 2 aromatic carbocycles. The smallest absolute Gasteiger partial charge is 0.254 e. The van der Waals surface area contributed by atoms with Gasteiger partial charge in [-0.15, -0.1) is 0 Å². The molecule has 1 aliphatic heterocycles. The molecule has 4 nitrogen and oxygen atoms in total. The summed E-state index contributed by atoms with van der Waals surface area (Å²) in [5.74, 6) is 0.0460. The highest BCUT2D eigenvalue weighted by atomic mass is 79.9. The molecule has 26 heavy (non-hydrogen) atoms. The first-order valence-electron chi connectivity index (χ1n) is 8.95. The zero-order valence-electron chi connectivity index (χ0n) is 15.3. The van der Waals surface area contributed by atoms with Gasteiger partial charge in [0.15, 0.2) is 0 Å². The molecule has 1 aliphatic rings. The summed E-state index contributed by atoms with van der Waals surface area (Å²) in [7, 11) is 4.05. The van der Waals surface area contributed by atoms with E-state index in [0.29, 0.717) is 18.7 Å². The van der Waals surface area contributed by atoms with Crippen LogP contribution in [0.5, 0.6) is 0 Å². The summed E-state index contributed by atoms with van der Waals surface area (Å²) in [6.07, 6.45) is 2.22. The van der Waals surface area contributed by atoms with Crippen molar-refractivity contribution in [2.75, 3.05) is 32.1 Å². The topological polar surface area (TPSA) is 32.8 Å². The molecular formula is C21H25BrN2O2. The third-order valence-corrected chi connectivity index (χ3v) is 5.18. The van der Waals surface area contributed by atoms with E-state index in [9.17, 15) is 4.79 Å². The maximum Gasteiger partial charge on any atom is 0.254 e. The Labute approximate surface area is 163 Å². The number of hydrogen-bond acceptors (Lipinski definition) is 3. The number of ether oxygens (including phenoxy) is 1. The lowest BCUT2D eigenvalue weighted by Gasteiger charge is -2.26. The second-order valence-electron chi connectivity index (χ2n) is 6.89. The van der Waals surface area contributed by atoms with Crippen LogP contribution in [0.15, 0.2) is 53.0 Å². The molecule has 1 heterocycles. The average Bonchev–Trinajstić information content (AvgIpc) is 3.15. The molecule has 5 heteroatoms. The van der Waals surface area contributed by atoms with Crippen molar-refractivity contribution in [3.63, 3.8) is 0 Å². The van der Waals surface area contributed by atoms with Crippen molar-refractivity contribution >= 4 is 27.5 Å². The van der Waals surface area contributed by atoms with Gasteiger partial charge in [0.05, 0.1) is 6.10 Å². The second kappa shape index (κ2) is 8.69. The van der Waals surface area contributed by atoms with Crippen LogP contribution in [0, 0.1) is 0 Å². The lowest BCUT2D eigenvalue weighted by molar-refractivity contribution is 0.0507. The van der Waals surface area contributed by atoms with Gasteiger partial charge in [-0.05, 0) is 54.8 Å². The van der Waals surface area contributed by atoms with E-state index in [4.69, 9.17) is 4.74 Å². The maximum absolute atomic E-state index is 13.1. The van der Waals surface area contributed by atoms with E-state index in [2.05, 4.69) is 45.1 Å². The van der Waals surface area contributed by atoms with E-state index in [-0.39, 0.29) is 12.0 Å². The Morgan fingerprint density at radius 3 is 2.38 bits per heavy atom. The van der Waals surface area contributed by atoms with E-state index in [0.717, 1.165) is 35.2 Å². The Morgan fingerprint density at radius 2 is 1.81 bits per heavy atom. The van der Waals surface area contributed by atoms with Crippen molar-refractivity contribution in [1.29, 1.82) is 0 Å². The highest BCUT2D eigenvalue weighted by molar-refractivity contribution is 9.10. The summed E-state index contributed by atoms with van der Waals surface area (Å²) in [6, 6.07) is 15.9. The number of nitrogens with zero attached hydrogens (tertiary/aromatic N) is 2. The molecule has 0 aliphatic carbocycles. The summed E-state index contributed by atoms with van der Waals surface area (Å²) in [5, 5.41) is 0. The molecule has 0 aromatic heterocycles. The Kier molecular flexibility index (Phi) is 6.33. The van der Waals surface area contributed by atoms with Crippen LogP contribution in [-0.2, 0) is 11.3 Å². The van der Waals surface area contributed by atoms with Crippen molar-refractivity contribution in [3.05, 3.63) is 64.1 Å². The van der Waals surface area contributed by atoms with Gasteiger partial charge in [0.25, 0.3) is 5.91 Å². The fourth-order valence-corrected chi connectivity index (χ4v) is 3.41. The van der Waals surface area contributed by atoms with Gasteiger partial charge in [0, 0.05) is 49.5 Å². The number of anilines is 1. The van der Waals surface area contributed by atoms with Gasteiger partial charge >= 0.3 is 0 Å². The number of halogens is 1. The van der Waals surface area contributed by atoms with E-state index in [1.807, 2.05) is 43.3 Å². The third-order valence-electron chi connectivity index (χ3n) is 4.65. The zero-order valence-corrected chi connectivity index (χ0v) is 16.9. The fourth-order valence-electron chi connectivity index (χ4n) is 3.15. The highest BCUT2D eigenvalue weighted by Gasteiger charge is 2.23. The summed E-state index contributed by atoms with van der Waals surface area (Å²) in [5.41, 5.74) is 2.98. The number of rotatable bonds is 6. The van der Waals surface area contributed by atoms with Gasteiger partial charge in [-0.25, -0.2) is 0 Å². The van der Waals surface area contributed by atoms with Crippen LogP contribution in [0.2, 0.25) is 0 Å². The highest BCUT2D eigenvalue weighted by Crippen LogP contribution is 2.20. The summed E-state index contributed by atoms with van der Waals surface area (Å²) in [6.45, 7) is 2.01. The molecule has 1 amide bonds. The molecule has 0 spiro atoms. The maximum atomic E-state index is 13.1. The van der Waals surface area contributed by atoms with Crippen LogP contribution in [0.4, 0.5) is 5.69 Å². The van der Waals surface area contributed by atoms with Gasteiger partial charge in [-0.3, -0.25) is 4.79 Å². The second-order valence-corrected chi connectivity index (χ2v) is 7.80. The van der Waals surface area contributed by atoms with Gasteiger partial charge in [-0.1, -0.05) is 28.1 Å². The van der Waals surface area contributed by atoms with Crippen molar-refractivity contribution in [2.45, 2.75) is 25.5 Å². The molecule has 1 saturated heterocycles. The van der Waals surface area contributed by atoms with Gasteiger partial charge in [0.1, 0.15) is 0 Å². The van der Waals surface area contributed by atoms with Gasteiger partial charge < -0.3 is 14.5 Å². The SMILES string of the molecule is CN(C)c1ccc(CN(CC2CCCO2)C(=O)c2ccc(Br)cc2)cc1. The van der Waals surface area contributed by atoms with Crippen LogP contribution in [-0.4, -0.2) is 44.2 Å². The number of carbonyl (C=O) groups is 1. The Morgan fingerprint density at radius 1 is 1.12 bits per heavy atom. The fraction of sp³-hybridized carbons (Fsp3) is 0.381. The molecule has 0 N–H and O–H groups in total. The standard InChI is InChI=1S/C21H25BrN2O2/c1-23(2)19-11-5-16(6-12-19)14-24(15-20-4-3-13-26-20)21(25)17-7-9-18(22)10-8-17/h5-12,20H,3-4,13-15H2,1-2H3. The average molecular weight is 417 g/mol. The molecule has 1 unspecified atom stereocenters. The molecule has 0 bridgehead atoms. The molecule has 2 aromatic rings. The molecular weight excluding hydrogens is 392 g/mol. The summed E-state index contributed by atoms with van der Waals surface area (Å²) >= 11 is 3.43. The minimum absolute atomic E-state index is 0.0460. The first-order chi connectivity index (χ1) is 12.5. The molecule has 138 valence electrons. The van der Waals surface area contributed by atoms with Gasteiger partial charge in [-0.2, -0.15) is 0 Å². The minimum atomic E-state index is 0.0460. The van der Waals surface area contributed by atoms with Crippen molar-refractivity contribution < 1.29 is 9.53 Å². The normalized spacial score (nSPS) is 16.5. The van der Waals surface area contributed by atoms with Gasteiger partial charge in [0.2, 0.25) is 0 Å². The largest absolute Gasteiger partial charge is 0.378 e. The number of benzene rings is 2. The Bertz CT molecular complexity index is 723. The van der Waals surface area contributed by atoms with E-state index < -0.39 is 0 Å². The third kappa shape index (κ3) is 4.86. The molecule has 3 rings (SSSR count). The van der Waals surface area contributed by atoms with E-state index in [1.54, 1.807) is 0 Å². The van der Waals surface area contributed by atoms with E-state index in [1.165, 1.54) is 0 Å². The lowest BCUT2D eigenvalue weighted by Crippen LogP contribution is -2.37. The van der Waals surface area contributed by atoms with Crippen LogP contribution in [0.3, 0.4) is 0 Å². The van der Waals surface area contributed by atoms with Crippen molar-refractivity contribution in [2.24, 2.45) is 0 Å². The quantitative estimate of drug-likeness (QED) is 0.701. The van der Waals surface area contributed by atoms with Crippen molar-refractivity contribution in [1.82, 2.24) is 4.90 Å². The monoisotopic (exact) mass is 416 g/mol. The predicted octanol–water partition coefficient (Wildman–Crippen LogP) is 4.34. The number of carbonyl (C=O) groups excluding carboxylic acids is 1. The Hall–Kier alpha value is -1.85. The molecule has 0 saturated carbocycles. The molecule has 1 fully saturated rings. The Balaban J connectivity index is 1.77. The zero-order chi connectivity index (χ0) is 18.5.